The second-order valence-corrected chi connectivity index (χ2v) is 6.21. The summed E-state index contributed by atoms with van der Waals surface area (Å²) in [5.74, 6) is -0.131. The fraction of sp³-hybridized carbons (Fsp3) is 0.467. The highest BCUT2D eigenvalue weighted by atomic mass is 79.9. The van der Waals surface area contributed by atoms with Gasteiger partial charge in [0.15, 0.2) is 0 Å². The Morgan fingerprint density at radius 1 is 1.38 bits per heavy atom. The molecule has 114 valence electrons. The molecule has 0 radical (unpaired) electrons. The van der Waals surface area contributed by atoms with E-state index in [1.54, 1.807) is 29.2 Å². The monoisotopic (exact) mass is 354 g/mol. The SMILES string of the molecule is CC1CCN(C(=O)CNC(=O)c2ccc(Br)cc2)C1CO. The number of carbonyl (C=O) groups excluding carboxylic acids is 2. The van der Waals surface area contributed by atoms with Crippen LogP contribution in [-0.4, -0.2) is 47.6 Å². The number of nitrogens with zero attached hydrogens (tertiary/aromatic N) is 1. The molecule has 6 heteroatoms. The van der Waals surface area contributed by atoms with Crippen LogP contribution < -0.4 is 5.32 Å². The van der Waals surface area contributed by atoms with E-state index in [9.17, 15) is 14.7 Å². The molecule has 2 amide bonds. The number of nitrogens with one attached hydrogen (secondary N) is 1. The zero-order chi connectivity index (χ0) is 15.4. The van der Waals surface area contributed by atoms with Gasteiger partial charge < -0.3 is 15.3 Å². The molecule has 2 unspecified atom stereocenters. The summed E-state index contributed by atoms with van der Waals surface area (Å²) in [6.07, 6.45) is 0.887. The predicted octanol–water partition coefficient (Wildman–Crippen LogP) is 1.41. The van der Waals surface area contributed by atoms with Gasteiger partial charge in [0.1, 0.15) is 0 Å². The summed E-state index contributed by atoms with van der Waals surface area (Å²) in [6.45, 7) is 2.58. The molecule has 2 N–H and O–H groups in total. The first-order chi connectivity index (χ1) is 10.0. The molecule has 0 saturated carbocycles. The van der Waals surface area contributed by atoms with Crippen molar-refractivity contribution >= 4 is 27.7 Å². The Morgan fingerprint density at radius 2 is 2.05 bits per heavy atom. The van der Waals surface area contributed by atoms with E-state index < -0.39 is 0 Å². The van der Waals surface area contributed by atoms with Gasteiger partial charge in [-0.2, -0.15) is 0 Å². The van der Waals surface area contributed by atoms with Crippen molar-refractivity contribution in [3.05, 3.63) is 34.3 Å². The van der Waals surface area contributed by atoms with Gasteiger partial charge in [0.05, 0.1) is 19.2 Å². The predicted molar refractivity (Wildman–Crippen MR) is 82.8 cm³/mol. The number of hydrogen-bond acceptors (Lipinski definition) is 3. The van der Waals surface area contributed by atoms with E-state index in [2.05, 4.69) is 21.2 Å². The molecule has 1 aliphatic rings. The third-order valence-corrected chi connectivity index (χ3v) is 4.43. The second kappa shape index (κ2) is 7.04. The Hall–Kier alpha value is -1.40. The summed E-state index contributed by atoms with van der Waals surface area (Å²) in [4.78, 5) is 25.7. The molecule has 0 spiro atoms. The summed E-state index contributed by atoms with van der Waals surface area (Å²) in [7, 11) is 0. The average molecular weight is 355 g/mol. The van der Waals surface area contributed by atoms with Crippen LogP contribution in [0, 0.1) is 5.92 Å². The molecule has 2 atom stereocenters. The number of halogens is 1. The summed E-state index contributed by atoms with van der Waals surface area (Å²) < 4.78 is 0.895. The van der Waals surface area contributed by atoms with Crippen molar-refractivity contribution in [2.24, 2.45) is 5.92 Å². The van der Waals surface area contributed by atoms with Crippen LogP contribution in [0.3, 0.4) is 0 Å². The molecular weight excluding hydrogens is 336 g/mol. The summed E-state index contributed by atoms with van der Waals surface area (Å²) >= 11 is 3.31. The van der Waals surface area contributed by atoms with Crippen molar-refractivity contribution in [3.8, 4) is 0 Å². The lowest BCUT2D eigenvalue weighted by Crippen LogP contribution is -2.45. The van der Waals surface area contributed by atoms with E-state index in [1.807, 2.05) is 6.92 Å². The van der Waals surface area contributed by atoms with Crippen LogP contribution in [-0.2, 0) is 4.79 Å². The Labute approximate surface area is 132 Å². The molecule has 1 heterocycles. The normalized spacial score (nSPS) is 21.4. The van der Waals surface area contributed by atoms with Crippen molar-refractivity contribution in [1.82, 2.24) is 10.2 Å². The first-order valence-corrected chi connectivity index (χ1v) is 7.76. The van der Waals surface area contributed by atoms with Crippen molar-refractivity contribution in [2.75, 3.05) is 19.7 Å². The van der Waals surface area contributed by atoms with Gasteiger partial charge in [-0.15, -0.1) is 0 Å². The zero-order valence-corrected chi connectivity index (χ0v) is 13.5. The Morgan fingerprint density at radius 3 is 2.67 bits per heavy atom. The van der Waals surface area contributed by atoms with Gasteiger partial charge in [-0.3, -0.25) is 9.59 Å². The number of carbonyl (C=O) groups is 2. The number of amides is 2. The standard InChI is InChI=1S/C15H19BrN2O3/c1-10-6-7-18(13(10)9-19)14(20)8-17-15(21)11-2-4-12(16)5-3-11/h2-5,10,13,19H,6-9H2,1H3,(H,17,21). The highest BCUT2D eigenvalue weighted by Crippen LogP contribution is 2.23. The molecule has 0 aromatic heterocycles. The number of benzene rings is 1. The first-order valence-electron chi connectivity index (χ1n) is 6.97. The molecule has 0 bridgehead atoms. The van der Waals surface area contributed by atoms with Crippen LogP contribution in [0.4, 0.5) is 0 Å². The maximum Gasteiger partial charge on any atom is 0.251 e. The van der Waals surface area contributed by atoms with E-state index in [0.717, 1.165) is 10.9 Å². The van der Waals surface area contributed by atoms with Crippen LogP contribution >= 0.6 is 15.9 Å². The summed E-state index contributed by atoms with van der Waals surface area (Å²) in [5, 5.41) is 12.0. The lowest BCUT2D eigenvalue weighted by atomic mass is 10.0. The number of aliphatic hydroxyl groups is 1. The van der Waals surface area contributed by atoms with Gasteiger partial charge in [0.2, 0.25) is 5.91 Å². The topological polar surface area (TPSA) is 69.6 Å². The summed E-state index contributed by atoms with van der Waals surface area (Å²) in [6, 6.07) is 6.81. The second-order valence-electron chi connectivity index (χ2n) is 5.29. The molecule has 1 aromatic carbocycles. The molecular formula is C15H19BrN2O3. The highest BCUT2D eigenvalue weighted by molar-refractivity contribution is 9.10. The van der Waals surface area contributed by atoms with Gasteiger partial charge in [-0.25, -0.2) is 0 Å². The molecule has 0 aliphatic carbocycles. The molecule has 1 saturated heterocycles. The van der Waals surface area contributed by atoms with E-state index in [0.29, 0.717) is 18.0 Å². The highest BCUT2D eigenvalue weighted by Gasteiger charge is 2.33. The summed E-state index contributed by atoms with van der Waals surface area (Å²) in [5.41, 5.74) is 0.513. The minimum Gasteiger partial charge on any atom is -0.394 e. The number of rotatable bonds is 4. The number of likely N-dealkylation sites (tertiary alicyclic amines) is 1. The molecule has 1 aliphatic heterocycles. The van der Waals surface area contributed by atoms with E-state index in [4.69, 9.17) is 0 Å². The molecule has 1 aromatic rings. The van der Waals surface area contributed by atoms with Crippen molar-refractivity contribution in [3.63, 3.8) is 0 Å². The minimum absolute atomic E-state index is 0.0342. The Kier molecular flexibility index (Phi) is 5.36. The third-order valence-electron chi connectivity index (χ3n) is 3.90. The fourth-order valence-corrected chi connectivity index (χ4v) is 2.82. The molecule has 2 rings (SSSR count). The van der Waals surface area contributed by atoms with Gasteiger partial charge in [0, 0.05) is 16.6 Å². The smallest absolute Gasteiger partial charge is 0.251 e. The Balaban J connectivity index is 1.89. The number of aliphatic hydroxyl groups excluding tert-OH is 1. The van der Waals surface area contributed by atoms with Crippen LogP contribution in [0.25, 0.3) is 0 Å². The first kappa shape index (κ1) is 16.0. The van der Waals surface area contributed by atoms with Gasteiger partial charge in [-0.1, -0.05) is 22.9 Å². The van der Waals surface area contributed by atoms with Gasteiger partial charge in [-0.05, 0) is 36.6 Å². The largest absolute Gasteiger partial charge is 0.394 e. The Bertz CT molecular complexity index is 518. The van der Waals surface area contributed by atoms with Crippen molar-refractivity contribution in [1.29, 1.82) is 0 Å². The molecule has 21 heavy (non-hydrogen) atoms. The van der Waals surface area contributed by atoms with Crippen molar-refractivity contribution < 1.29 is 14.7 Å². The molecule has 5 nitrogen and oxygen atoms in total. The van der Waals surface area contributed by atoms with Gasteiger partial charge >= 0.3 is 0 Å². The maximum atomic E-state index is 12.1. The zero-order valence-electron chi connectivity index (χ0n) is 11.9. The molecule has 1 fully saturated rings. The van der Waals surface area contributed by atoms with Crippen LogP contribution in [0.15, 0.2) is 28.7 Å². The van der Waals surface area contributed by atoms with Crippen LogP contribution in [0.5, 0.6) is 0 Å². The average Bonchev–Trinajstić information content (AvgIpc) is 2.86. The van der Waals surface area contributed by atoms with Crippen molar-refractivity contribution in [2.45, 2.75) is 19.4 Å². The fourth-order valence-electron chi connectivity index (χ4n) is 2.56. The van der Waals surface area contributed by atoms with Gasteiger partial charge in [0.25, 0.3) is 5.91 Å². The minimum atomic E-state index is -0.274. The quantitative estimate of drug-likeness (QED) is 0.858. The van der Waals surface area contributed by atoms with E-state index in [-0.39, 0.29) is 31.0 Å². The van der Waals surface area contributed by atoms with Crippen LogP contribution in [0.1, 0.15) is 23.7 Å². The van der Waals surface area contributed by atoms with Crippen LogP contribution in [0.2, 0.25) is 0 Å². The number of hydrogen-bond donors (Lipinski definition) is 2. The van der Waals surface area contributed by atoms with E-state index >= 15 is 0 Å². The lowest BCUT2D eigenvalue weighted by molar-refractivity contribution is -0.132. The van der Waals surface area contributed by atoms with E-state index in [1.165, 1.54) is 0 Å². The maximum absolute atomic E-state index is 12.1. The lowest BCUT2D eigenvalue weighted by Gasteiger charge is -2.25. The third kappa shape index (κ3) is 3.83.